The van der Waals surface area contributed by atoms with Crippen molar-refractivity contribution >= 4 is 27.9 Å². The zero-order chi connectivity index (χ0) is 24.8. The molecule has 0 bridgehead atoms. The first-order valence-corrected chi connectivity index (χ1v) is 11.4. The van der Waals surface area contributed by atoms with Gasteiger partial charge in [-0.15, -0.1) is 0 Å². The normalized spacial score (nSPS) is 11.6. The molecular weight excluding hydrogens is 459 g/mol. The lowest BCUT2D eigenvalue weighted by atomic mass is 10.1. The van der Waals surface area contributed by atoms with Crippen molar-refractivity contribution in [3.8, 4) is 39.7 Å². The van der Waals surface area contributed by atoms with E-state index in [1.165, 1.54) is 12.1 Å². The standard InChI is InChI=1S/C26H21FN8O/c1-13(2)30-17-8-15(11-28-12-17)20-3-4-21-23(31-20)24(35-34-21)26-32-22-19(5-6-29-25(22)33-26)14-7-16(27)10-18(36)9-14/h3-13,30,36H,1-2H3,(H,34,35)(H,29,32,33). The molecule has 6 rings (SSSR count). The zero-order valence-corrected chi connectivity index (χ0v) is 19.4. The first-order valence-electron chi connectivity index (χ1n) is 11.4. The van der Waals surface area contributed by atoms with Crippen molar-refractivity contribution in [2.75, 3.05) is 5.32 Å². The number of phenolic OH excluding ortho intramolecular Hbond substituents is 1. The molecule has 0 aliphatic rings. The van der Waals surface area contributed by atoms with Crippen molar-refractivity contribution in [3.63, 3.8) is 0 Å². The molecular formula is C26H21FN8O. The number of nitrogens with one attached hydrogen (secondary N) is 3. The Hall–Kier alpha value is -4.86. The molecule has 0 aliphatic carbocycles. The molecule has 10 heteroatoms. The van der Waals surface area contributed by atoms with E-state index in [0.29, 0.717) is 39.3 Å². The van der Waals surface area contributed by atoms with Gasteiger partial charge in [0.1, 0.15) is 17.1 Å². The molecule has 0 unspecified atom stereocenters. The van der Waals surface area contributed by atoms with Gasteiger partial charge in [-0.25, -0.2) is 19.3 Å². The number of nitrogens with zero attached hydrogens (tertiary/aromatic N) is 5. The minimum absolute atomic E-state index is 0.160. The topological polar surface area (TPSA) is 128 Å². The van der Waals surface area contributed by atoms with Crippen LogP contribution in [-0.4, -0.2) is 46.3 Å². The lowest BCUT2D eigenvalue weighted by Crippen LogP contribution is -2.09. The number of phenols is 1. The van der Waals surface area contributed by atoms with Gasteiger partial charge in [0.2, 0.25) is 0 Å². The molecule has 1 aromatic carbocycles. The fourth-order valence-electron chi connectivity index (χ4n) is 4.21. The summed E-state index contributed by atoms with van der Waals surface area (Å²) in [7, 11) is 0. The second kappa shape index (κ2) is 8.42. The number of aromatic hydroxyl groups is 1. The van der Waals surface area contributed by atoms with Crippen molar-refractivity contribution in [2.24, 2.45) is 0 Å². The number of imidazole rings is 1. The highest BCUT2D eigenvalue weighted by molar-refractivity contribution is 5.95. The van der Waals surface area contributed by atoms with Crippen molar-refractivity contribution in [3.05, 3.63) is 66.9 Å². The van der Waals surface area contributed by atoms with Crippen LogP contribution in [0.25, 0.3) is 56.1 Å². The molecule has 0 saturated carbocycles. The monoisotopic (exact) mass is 480 g/mol. The van der Waals surface area contributed by atoms with Crippen LogP contribution in [0.1, 0.15) is 13.8 Å². The van der Waals surface area contributed by atoms with Crippen LogP contribution >= 0.6 is 0 Å². The Labute approximate surface area is 204 Å². The third-order valence-electron chi connectivity index (χ3n) is 5.71. The highest BCUT2D eigenvalue weighted by Crippen LogP contribution is 2.32. The Bertz CT molecular complexity index is 1720. The van der Waals surface area contributed by atoms with Crippen LogP contribution in [0.15, 0.2) is 61.1 Å². The van der Waals surface area contributed by atoms with Crippen molar-refractivity contribution in [1.82, 2.24) is 35.1 Å². The molecule has 0 amide bonds. The number of hydrogen-bond donors (Lipinski definition) is 4. The number of benzene rings is 1. The Balaban J connectivity index is 1.45. The first-order chi connectivity index (χ1) is 17.4. The molecule has 0 saturated heterocycles. The molecule has 0 atom stereocenters. The number of fused-ring (bicyclic) bond motifs is 2. The minimum atomic E-state index is -0.535. The number of hydrogen-bond acceptors (Lipinski definition) is 7. The molecule has 5 aromatic heterocycles. The maximum Gasteiger partial charge on any atom is 0.178 e. The van der Waals surface area contributed by atoms with E-state index in [9.17, 15) is 9.50 Å². The largest absolute Gasteiger partial charge is 0.508 e. The van der Waals surface area contributed by atoms with E-state index in [2.05, 4.69) is 49.3 Å². The van der Waals surface area contributed by atoms with E-state index in [1.54, 1.807) is 24.7 Å². The fourth-order valence-corrected chi connectivity index (χ4v) is 4.21. The Kier molecular flexibility index (Phi) is 5.06. The molecule has 9 nitrogen and oxygen atoms in total. The second-order valence-corrected chi connectivity index (χ2v) is 8.77. The van der Waals surface area contributed by atoms with Crippen LogP contribution in [-0.2, 0) is 0 Å². The van der Waals surface area contributed by atoms with Gasteiger partial charge >= 0.3 is 0 Å². The van der Waals surface area contributed by atoms with E-state index in [-0.39, 0.29) is 11.8 Å². The van der Waals surface area contributed by atoms with Crippen LogP contribution in [0, 0.1) is 5.82 Å². The number of H-pyrrole nitrogens is 2. The summed E-state index contributed by atoms with van der Waals surface area (Å²) in [6.45, 7) is 4.14. The van der Waals surface area contributed by atoms with E-state index < -0.39 is 5.82 Å². The minimum Gasteiger partial charge on any atom is -0.508 e. The van der Waals surface area contributed by atoms with E-state index in [0.717, 1.165) is 28.5 Å². The van der Waals surface area contributed by atoms with Crippen LogP contribution < -0.4 is 5.32 Å². The SMILES string of the molecule is CC(C)Nc1cncc(-c2ccc3[nH]nc(-c4nc5nccc(-c6cc(O)cc(F)c6)c5[nH]4)c3n2)c1. The molecule has 0 spiro atoms. The molecule has 5 heterocycles. The molecule has 4 N–H and O–H groups in total. The first kappa shape index (κ1) is 21.7. The highest BCUT2D eigenvalue weighted by Gasteiger charge is 2.18. The molecule has 0 aliphatic heterocycles. The number of rotatable bonds is 5. The highest BCUT2D eigenvalue weighted by atomic mass is 19.1. The van der Waals surface area contributed by atoms with E-state index in [4.69, 9.17) is 4.98 Å². The number of anilines is 1. The van der Waals surface area contributed by atoms with Crippen molar-refractivity contribution in [2.45, 2.75) is 19.9 Å². The van der Waals surface area contributed by atoms with Crippen molar-refractivity contribution < 1.29 is 9.50 Å². The summed E-state index contributed by atoms with van der Waals surface area (Å²) < 4.78 is 13.9. The summed E-state index contributed by atoms with van der Waals surface area (Å²) >= 11 is 0. The predicted molar refractivity (Wildman–Crippen MR) is 136 cm³/mol. The molecule has 6 aromatic rings. The quantitative estimate of drug-likeness (QED) is 0.264. The summed E-state index contributed by atoms with van der Waals surface area (Å²) in [5, 5.41) is 20.7. The van der Waals surface area contributed by atoms with E-state index >= 15 is 0 Å². The summed E-state index contributed by atoms with van der Waals surface area (Å²) in [4.78, 5) is 21.4. The Morgan fingerprint density at radius 3 is 2.72 bits per heavy atom. The van der Waals surface area contributed by atoms with Gasteiger partial charge in [0.15, 0.2) is 17.2 Å². The second-order valence-electron chi connectivity index (χ2n) is 8.77. The summed E-state index contributed by atoms with van der Waals surface area (Å²) in [5.41, 5.74) is 6.65. The molecule has 0 radical (unpaired) electrons. The van der Waals surface area contributed by atoms with Gasteiger partial charge in [-0.2, -0.15) is 5.10 Å². The molecule has 36 heavy (non-hydrogen) atoms. The van der Waals surface area contributed by atoms with Gasteiger partial charge in [0.25, 0.3) is 0 Å². The van der Waals surface area contributed by atoms with E-state index in [1.807, 2.05) is 18.2 Å². The maximum absolute atomic E-state index is 13.9. The Morgan fingerprint density at radius 1 is 1.00 bits per heavy atom. The van der Waals surface area contributed by atoms with Gasteiger partial charge in [-0.05, 0) is 55.8 Å². The number of aromatic amines is 2. The lowest BCUT2D eigenvalue weighted by molar-refractivity contribution is 0.469. The number of pyridine rings is 3. The van der Waals surface area contributed by atoms with Gasteiger partial charge in [0, 0.05) is 41.8 Å². The summed E-state index contributed by atoms with van der Waals surface area (Å²) in [6.07, 6.45) is 5.14. The zero-order valence-electron chi connectivity index (χ0n) is 19.4. The van der Waals surface area contributed by atoms with Crippen LogP contribution in [0.5, 0.6) is 5.75 Å². The third-order valence-corrected chi connectivity index (χ3v) is 5.71. The number of aromatic nitrogens is 7. The Morgan fingerprint density at radius 2 is 1.89 bits per heavy atom. The predicted octanol–water partition coefficient (Wildman–Crippen LogP) is 5.29. The fraction of sp³-hybridized carbons (Fsp3) is 0.115. The molecule has 178 valence electrons. The maximum atomic E-state index is 13.9. The lowest BCUT2D eigenvalue weighted by Gasteiger charge is -2.10. The van der Waals surface area contributed by atoms with Gasteiger partial charge < -0.3 is 15.4 Å². The molecule has 0 fully saturated rings. The van der Waals surface area contributed by atoms with Crippen LogP contribution in [0.3, 0.4) is 0 Å². The van der Waals surface area contributed by atoms with Gasteiger partial charge in [-0.1, -0.05) is 0 Å². The van der Waals surface area contributed by atoms with Gasteiger partial charge in [-0.3, -0.25) is 10.1 Å². The summed E-state index contributed by atoms with van der Waals surface area (Å²) in [5.74, 6) is -0.228. The van der Waals surface area contributed by atoms with Crippen LogP contribution in [0.4, 0.5) is 10.1 Å². The van der Waals surface area contributed by atoms with Gasteiger partial charge in [0.05, 0.1) is 22.4 Å². The average Bonchev–Trinajstić information content (AvgIpc) is 3.46. The third kappa shape index (κ3) is 3.88. The van der Waals surface area contributed by atoms with Crippen molar-refractivity contribution in [1.29, 1.82) is 0 Å². The summed E-state index contributed by atoms with van der Waals surface area (Å²) in [6, 6.07) is 11.8. The van der Waals surface area contributed by atoms with Crippen LogP contribution in [0.2, 0.25) is 0 Å². The number of halogens is 1. The average molecular weight is 481 g/mol. The smallest absolute Gasteiger partial charge is 0.178 e.